The lowest BCUT2D eigenvalue weighted by molar-refractivity contribution is 0.174. The zero-order valence-electron chi connectivity index (χ0n) is 6.04. The molecule has 58 valence electrons. The van der Waals surface area contributed by atoms with Crippen molar-refractivity contribution >= 4 is 9.24 Å². The zero-order valence-corrected chi connectivity index (χ0v) is 7.19. The maximum Gasteiger partial charge on any atom is 0.231 e. The van der Waals surface area contributed by atoms with Gasteiger partial charge in [0.15, 0.2) is 11.5 Å². The summed E-state index contributed by atoms with van der Waals surface area (Å²) >= 11 is 0. The van der Waals surface area contributed by atoms with Crippen molar-refractivity contribution in [2.45, 2.75) is 6.16 Å². The first kappa shape index (κ1) is 6.93. The highest BCUT2D eigenvalue weighted by Crippen LogP contribution is 2.32. The van der Waals surface area contributed by atoms with Crippen LogP contribution in [0.2, 0.25) is 0 Å². The molecule has 1 aromatic rings. The van der Waals surface area contributed by atoms with Crippen molar-refractivity contribution < 1.29 is 9.47 Å². The van der Waals surface area contributed by atoms with E-state index in [-0.39, 0.29) is 0 Å². The van der Waals surface area contributed by atoms with Crippen LogP contribution in [0.15, 0.2) is 18.2 Å². The number of benzene rings is 1. The number of hydrogen-bond donors (Lipinski definition) is 0. The number of rotatable bonds is 1. The number of fused-ring (bicyclic) bond motifs is 1. The zero-order chi connectivity index (χ0) is 7.68. The van der Waals surface area contributed by atoms with Gasteiger partial charge in [-0.2, -0.15) is 0 Å². The summed E-state index contributed by atoms with van der Waals surface area (Å²) in [6.07, 6.45) is 0.955. The van der Waals surface area contributed by atoms with E-state index >= 15 is 0 Å². The smallest absolute Gasteiger partial charge is 0.231 e. The monoisotopic (exact) mass is 168 g/mol. The maximum absolute atomic E-state index is 5.21. The Morgan fingerprint density at radius 2 is 2.09 bits per heavy atom. The third-order valence-electron chi connectivity index (χ3n) is 1.67. The number of ether oxygens (including phenoxy) is 2. The largest absolute Gasteiger partial charge is 0.454 e. The van der Waals surface area contributed by atoms with Gasteiger partial charge >= 0.3 is 0 Å². The molecular formula is C8H9O2P. The Kier molecular flexibility index (Phi) is 1.71. The Labute approximate surface area is 67.7 Å². The van der Waals surface area contributed by atoms with Crippen LogP contribution in [-0.4, -0.2) is 6.79 Å². The van der Waals surface area contributed by atoms with Crippen molar-refractivity contribution in [1.29, 1.82) is 0 Å². The molecule has 0 N–H and O–H groups in total. The van der Waals surface area contributed by atoms with Crippen LogP contribution in [-0.2, 0) is 6.16 Å². The quantitative estimate of drug-likeness (QED) is 0.595. The molecule has 0 spiro atoms. The average molecular weight is 168 g/mol. The van der Waals surface area contributed by atoms with Gasteiger partial charge in [0.25, 0.3) is 0 Å². The molecule has 1 aromatic carbocycles. The van der Waals surface area contributed by atoms with Crippen LogP contribution < -0.4 is 9.47 Å². The molecule has 1 heterocycles. The molecule has 0 bridgehead atoms. The van der Waals surface area contributed by atoms with E-state index in [0.717, 1.165) is 17.7 Å². The predicted molar refractivity (Wildman–Crippen MR) is 46.0 cm³/mol. The molecule has 1 aliphatic heterocycles. The summed E-state index contributed by atoms with van der Waals surface area (Å²) in [5, 5.41) is 0. The van der Waals surface area contributed by atoms with Gasteiger partial charge in [0, 0.05) is 0 Å². The average Bonchev–Trinajstić information content (AvgIpc) is 2.50. The molecule has 11 heavy (non-hydrogen) atoms. The van der Waals surface area contributed by atoms with Crippen molar-refractivity contribution in [3.05, 3.63) is 23.8 Å². The van der Waals surface area contributed by atoms with E-state index in [1.165, 1.54) is 5.56 Å². The van der Waals surface area contributed by atoms with Gasteiger partial charge in [-0.15, -0.1) is 9.24 Å². The Hall–Kier alpha value is -0.750. The first-order chi connectivity index (χ1) is 5.40. The van der Waals surface area contributed by atoms with Crippen LogP contribution in [0.5, 0.6) is 11.5 Å². The van der Waals surface area contributed by atoms with E-state index in [0.29, 0.717) is 6.79 Å². The second-order valence-electron chi connectivity index (χ2n) is 2.39. The SMILES string of the molecule is PCc1ccc2c(c1)OCO2. The van der Waals surface area contributed by atoms with Crippen molar-refractivity contribution in [2.75, 3.05) is 6.79 Å². The minimum atomic E-state index is 0.357. The molecule has 0 aromatic heterocycles. The normalized spacial score (nSPS) is 13.5. The minimum Gasteiger partial charge on any atom is -0.454 e. The lowest BCUT2D eigenvalue weighted by Crippen LogP contribution is -1.92. The molecule has 1 aliphatic rings. The summed E-state index contributed by atoms with van der Waals surface area (Å²) in [4.78, 5) is 0. The maximum atomic E-state index is 5.21. The minimum absolute atomic E-state index is 0.357. The summed E-state index contributed by atoms with van der Waals surface area (Å²) in [6.45, 7) is 0.357. The van der Waals surface area contributed by atoms with E-state index < -0.39 is 0 Å². The molecule has 0 aliphatic carbocycles. The Bertz CT molecular complexity index is 273. The van der Waals surface area contributed by atoms with Crippen LogP contribution in [0, 0.1) is 0 Å². The summed E-state index contributed by atoms with van der Waals surface area (Å²) in [6, 6.07) is 6.00. The van der Waals surface area contributed by atoms with E-state index in [9.17, 15) is 0 Å². The topological polar surface area (TPSA) is 18.5 Å². The van der Waals surface area contributed by atoms with Gasteiger partial charge < -0.3 is 9.47 Å². The summed E-state index contributed by atoms with van der Waals surface area (Å²) < 4.78 is 10.4. The first-order valence-electron chi connectivity index (χ1n) is 3.49. The first-order valence-corrected chi connectivity index (χ1v) is 4.30. The fraction of sp³-hybridized carbons (Fsp3) is 0.250. The molecule has 3 heteroatoms. The van der Waals surface area contributed by atoms with Crippen molar-refractivity contribution in [2.24, 2.45) is 0 Å². The van der Waals surface area contributed by atoms with E-state index in [2.05, 4.69) is 9.24 Å². The van der Waals surface area contributed by atoms with Gasteiger partial charge in [-0.3, -0.25) is 0 Å². The van der Waals surface area contributed by atoms with Crippen LogP contribution in [0.3, 0.4) is 0 Å². The van der Waals surface area contributed by atoms with Gasteiger partial charge in [-0.05, 0) is 23.9 Å². The van der Waals surface area contributed by atoms with Gasteiger partial charge in [0.1, 0.15) is 0 Å². The molecule has 0 fully saturated rings. The lowest BCUT2D eigenvalue weighted by atomic mass is 10.2. The summed E-state index contributed by atoms with van der Waals surface area (Å²) in [5.41, 5.74) is 1.25. The fourth-order valence-electron chi connectivity index (χ4n) is 1.07. The van der Waals surface area contributed by atoms with E-state index in [1.807, 2.05) is 18.2 Å². The second-order valence-corrected chi connectivity index (χ2v) is 2.80. The Balaban J connectivity index is 2.41. The second kappa shape index (κ2) is 2.71. The standard InChI is InChI=1S/C8H9O2P/c11-4-6-1-2-7-8(3-6)10-5-9-7/h1-3H,4-5,11H2. The van der Waals surface area contributed by atoms with Gasteiger partial charge in [-0.1, -0.05) is 6.07 Å². The number of hydrogen-bond acceptors (Lipinski definition) is 2. The molecule has 1 atom stereocenters. The van der Waals surface area contributed by atoms with E-state index in [4.69, 9.17) is 9.47 Å². The third-order valence-corrected chi connectivity index (χ3v) is 2.14. The van der Waals surface area contributed by atoms with Crippen molar-refractivity contribution in [1.82, 2.24) is 0 Å². The summed E-state index contributed by atoms with van der Waals surface area (Å²) in [5.74, 6) is 1.72. The van der Waals surface area contributed by atoms with Gasteiger partial charge in [0.05, 0.1) is 0 Å². The molecule has 0 amide bonds. The van der Waals surface area contributed by atoms with Crippen LogP contribution in [0.1, 0.15) is 5.56 Å². The Morgan fingerprint density at radius 1 is 1.27 bits per heavy atom. The fourth-order valence-corrected chi connectivity index (χ4v) is 1.32. The van der Waals surface area contributed by atoms with Gasteiger partial charge in [0.2, 0.25) is 6.79 Å². The highest BCUT2D eigenvalue weighted by atomic mass is 31.0. The Morgan fingerprint density at radius 3 is 2.91 bits per heavy atom. The van der Waals surface area contributed by atoms with Crippen molar-refractivity contribution in [3.8, 4) is 11.5 Å². The van der Waals surface area contributed by atoms with Crippen LogP contribution in [0.4, 0.5) is 0 Å². The molecular weight excluding hydrogens is 159 g/mol. The van der Waals surface area contributed by atoms with Gasteiger partial charge in [-0.25, -0.2) is 0 Å². The molecule has 0 saturated heterocycles. The van der Waals surface area contributed by atoms with Crippen LogP contribution in [0.25, 0.3) is 0 Å². The molecule has 0 radical (unpaired) electrons. The molecule has 2 nitrogen and oxygen atoms in total. The highest BCUT2D eigenvalue weighted by Gasteiger charge is 2.11. The summed E-state index contributed by atoms with van der Waals surface area (Å²) in [7, 11) is 2.68. The van der Waals surface area contributed by atoms with Crippen molar-refractivity contribution in [3.63, 3.8) is 0 Å². The molecule has 2 rings (SSSR count). The van der Waals surface area contributed by atoms with E-state index in [1.54, 1.807) is 0 Å². The van der Waals surface area contributed by atoms with Crippen LogP contribution >= 0.6 is 9.24 Å². The lowest BCUT2D eigenvalue weighted by Gasteiger charge is -1.97. The molecule has 1 unspecified atom stereocenters. The molecule has 0 saturated carbocycles. The highest BCUT2D eigenvalue weighted by molar-refractivity contribution is 7.15. The third kappa shape index (κ3) is 1.19. The predicted octanol–water partition coefficient (Wildman–Crippen LogP) is 1.79.